The molecule has 5 heteroatoms. The van der Waals surface area contributed by atoms with E-state index in [4.69, 9.17) is 4.74 Å². The summed E-state index contributed by atoms with van der Waals surface area (Å²) in [7, 11) is 1.61. The lowest BCUT2D eigenvalue weighted by Gasteiger charge is -2.04. The minimum absolute atomic E-state index is 0.0902. The maximum Gasteiger partial charge on any atom is 0.271 e. The number of nitrogens with one attached hydrogen (secondary N) is 1. The van der Waals surface area contributed by atoms with Crippen molar-refractivity contribution in [2.45, 2.75) is 0 Å². The van der Waals surface area contributed by atoms with Gasteiger partial charge in [0, 0.05) is 31.5 Å². The van der Waals surface area contributed by atoms with Crippen LogP contribution in [0.15, 0.2) is 24.3 Å². The van der Waals surface area contributed by atoms with Crippen molar-refractivity contribution in [2.75, 3.05) is 25.6 Å². The largest absolute Gasteiger partial charge is 0.383 e. The van der Waals surface area contributed by atoms with Gasteiger partial charge >= 0.3 is 0 Å². The highest BCUT2D eigenvalue weighted by atomic mass is 16.6. The molecular weight excluding hydrogens is 184 g/mol. The van der Waals surface area contributed by atoms with Crippen molar-refractivity contribution in [1.29, 1.82) is 0 Å². The highest BCUT2D eigenvalue weighted by Crippen LogP contribution is 2.16. The highest BCUT2D eigenvalue weighted by molar-refractivity contribution is 5.50. The first-order valence-electron chi connectivity index (χ1n) is 4.21. The molecule has 0 radical (unpaired) electrons. The second-order valence-electron chi connectivity index (χ2n) is 2.73. The molecule has 76 valence electrons. The van der Waals surface area contributed by atoms with Gasteiger partial charge in [0.15, 0.2) is 0 Å². The summed E-state index contributed by atoms with van der Waals surface area (Å²) in [6.45, 7) is 1.21. The Bertz CT molecular complexity index is 315. The van der Waals surface area contributed by atoms with Crippen LogP contribution in [0.5, 0.6) is 0 Å². The summed E-state index contributed by atoms with van der Waals surface area (Å²) in [5, 5.41) is 13.4. The van der Waals surface area contributed by atoms with Gasteiger partial charge in [0.2, 0.25) is 0 Å². The SMILES string of the molecule is COCCNc1cccc([N+](=O)[O-])c1. The predicted octanol–water partition coefficient (Wildman–Crippen LogP) is 1.65. The molecule has 0 aliphatic heterocycles. The summed E-state index contributed by atoms with van der Waals surface area (Å²) < 4.78 is 4.84. The highest BCUT2D eigenvalue weighted by Gasteiger charge is 2.04. The van der Waals surface area contributed by atoms with E-state index in [-0.39, 0.29) is 5.69 Å². The standard InChI is InChI=1S/C9H12N2O3/c1-14-6-5-10-8-3-2-4-9(7-8)11(12)13/h2-4,7,10H,5-6H2,1H3. The van der Waals surface area contributed by atoms with Gasteiger partial charge in [-0.15, -0.1) is 0 Å². The van der Waals surface area contributed by atoms with Gasteiger partial charge in [-0.1, -0.05) is 6.07 Å². The smallest absolute Gasteiger partial charge is 0.271 e. The molecule has 0 heterocycles. The first-order valence-corrected chi connectivity index (χ1v) is 4.21. The van der Waals surface area contributed by atoms with Crippen LogP contribution in [0.25, 0.3) is 0 Å². The number of methoxy groups -OCH3 is 1. The van der Waals surface area contributed by atoms with E-state index in [1.807, 2.05) is 0 Å². The van der Waals surface area contributed by atoms with Crippen molar-refractivity contribution in [3.8, 4) is 0 Å². The summed E-state index contributed by atoms with van der Waals surface area (Å²) in [4.78, 5) is 10.0. The Kier molecular flexibility index (Phi) is 3.87. The molecule has 0 aromatic heterocycles. The quantitative estimate of drug-likeness (QED) is 0.442. The molecule has 0 fully saturated rings. The Labute approximate surface area is 81.8 Å². The molecule has 1 aromatic carbocycles. The van der Waals surface area contributed by atoms with E-state index in [0.29, 0.717) is 13.2 Å². The number of hydrogen-bond donors (Lipinski definition) is 1. The predicted molar refractivity (Wildman–Crippen MR) is 53.5 cm³/mol. The zero-order valence-corrected chi connectivity index (χ0v) is 7.90. The van der Waals surface area contributed by atoms with Crippen LogP contribution in [0.3, 0.4) is 0 Å². The van der Waals surface area contributed by atoms with E-state index in [1.165, 1.54) is 12.1 Å². The van der Waals surface area contributed by atoms with E-state index in [1.54, 1.807) is 19.2 Å². The molecular formula is C9H12N2O3. The fraction of sp³-hybridized carbons (Fsp3) is 0.333. The molecule has 1 rings (SSSR count). The van der Waals surface area contributed by atoms with Crippen molar-refractivity contribution in [1.82, 2.24) is 0 Å². The average Bonchev–Trinajstić information content (AvgIpc) is 2.19. The van der Waals surface area contributed by atoms with Crippen molar-refractivity contribution in [3.05, 3.63) is 34.4 Å². The Morgan fingerprint density at radius 2 is 2.36 bits per heavy atom. The number of rotatable bonds is 5. The van der Waals surface area contributed by atoms with Gasteiger partial charge in [0.1, 0.15) is 0 Å². The van der Waals surface area contributed by atoms with Crippen LogP contribution >= 0.6 is 0 Å². The third-order valence-electron chi connectivity index (χ3n) is 1.69. The molecule has 0 atom stereocenters. The normalized spacial score (nSPS) is 9.79. The number of nitrogens with zero attached hydrogens (tertiary/aromatic N) is 1. The van der Waals surface area contributed by atoms with Crippen LogP contribution < -0.4 is 5.32 Å². The Morgan fingerprint density at radius 1 is 1.57 bits per heavy atom. The lowest BCUT2D eigenvalue weighted by molar-refractivity contribution is -0.384. The van der Waals surface area contributed by atoms with Gasteiger partial charge < -0.3 is 10.1 Å². The minimum Gasteiger partial charge on any atom is -0.383 e. The monoisotopic (exact) mass is 196 g/mol. The van der Waals surface area contributed by atoms with Crippen LogP contribution in [0.4, 0.5) is 11.4 Å². The second kappa shape index (κ2) is 5.18. The Balaban J connectivity index is 2.59. The van der Waals surface area contributed by atoms with Crippen LogP contribution in [-0.2, 0) is 4.74 Å². The molecule has 0 aliphatic rings. The fourth-order valence-corrected chi connectivity index (χ4v) is 1.03. The molecule has 0 saturated heterocycles. The molecule has 0 bridgehead atoms. The van der Waals surface area contributed by atoms with Crippen LogP contribution in [-0.4, -0.2) is 25.2 Å². The topological polar surface area (TPSA) is 64.4 Å². The summed E-state index contributed by atoms with van der Waals surface area (Å²) in [6, 6.07) is 6.38. The number of anilines is 1. The molecule has 0 aliphatic carbocycles. The Morgan fingerprint density at radius 3 is 3.00 bits per heavy atom. The summed E-state index contributed by atoms with van der Waals surface area (Å²) in [5.74, 6) is 0. The van der Waals surface area contributed by atoms with Gasteiger partial charge in [-0.2, -0.15) is 0 Å². The maximum absolute atomic E-state index is 10.4. The van der Waals surface area contributed by atoms with Crippen LogP contribution in [0, 0.1) is 10.1 Å². The maximum atomic E-state index is 10.4. The van der Waals surface area contributed by atoms with E-state index in [2.05, 4.69) is 5.32 Å². The zero-order valence-electron chi connectivity index (χ0n) is 7.90. The molecule has 1 aromatic rings. The van der Waals surface area contributed by atoms with Gasteiger partial charge in [0.05, 0.1) is 11.5 Å². The number of non-ortho nitro benzene ring substituents is 1. The zero-order chi connectivity index (χ0) is 10.4. The van der Waals surface area contributed by atoms with Crippen molar-refractivity contribution in [3.63, 3.8) is 0 Å². The molecule has 1 N–H and O–H groups in total. The van der Waals surface area contributed by atoms with Crippen LogP contribution in [0.1, 0.15) is 0 Å². The number of benzene rings is 1. The lowest BCUT2D eigenvalue weighted by Crippen LogP contribution is -2.07. The van der Waals surface area contributed by atoms with E-state index < -0.39 is 4.92 Å². The molecule has 5 nitrogen and oxygen atoms in total. The van der Waals surface area contributed by atoms with Crippen molar-refractivity contribution >= 4 is 11.4 Å². The number of nitro groups is 1. The lowest BCUT2D eigenvalue weighted by atomic mass is 10.3. The van der Waals surface area contributed by atoms with Gasteiger partial charge in [-0.05, 0) is 6.07 Å². The van der Waals surface area contributed by atoms with Crippen LogP contribution in [0.2, 0.25) is 0 Å². The van der Waals surface area contributed by atoms with Crippen molar-refractivity contribution in [2.24, 2.45) is 0 Å². The summed E-state index contributed by atoms with van der Waals surface area (Å²) in [6.07, 6.45) is 0. The summed E-state index contributed by atoms with van der Waals surface area (Å²) in [5.41, 5.74) is 0.823. The molecule has 14 heavy (non-hydrogen) atoms. The third-order valence-corrected chi connectivity index (χ3v) is 1.69. The number of nitro benzene ring substituents is 1. The van der Waals surface area contributed by atoms with Gasteiger partial charge in [-0.3, -0.25) is 10.1 Å². The van der Waals surface area contributed by atoms with Gasteiger partial charge in [0.25, 0.3) is 5.69 Å². The third kappa shape index (κ3) is 3.02. The first kappa shape index (κ1) is 10.5. The molecule has 0 amide bonds. The summed E-state index contributed by atoms with van der Waals surface area (Å²) >= 11 is 0. The second-order valence-corrected chi connectivity index (χ2v) is 2.73. The first-order chi connectivity index (χ1) is 6.74. The van der Waals surface area contributed by atoms with E-state index in [0.717, 1.165) is 5.69 Å². The van der Waals surface area contributed by atoms with E-state index in [9.17, 15) is 10.1 Å². The molecule has 0 spiro atoms. The fourth-order valence-electron chi connectivity index (χ4n) is 1.03. The number of ether oxygens (including phenoxy) is 1. The Hall–Kier alpha value is -1.62. The van der Waals surface area contributed by atoms with E-state index >= 15 is 0 Å². The van der Waals surface area contributed by atoms with Gasteiger partial charge in [-0.25, -0.2) is 0 Å². The van der Waals surface area contributed by atoms with Crippen molar-refractivity contribution < 1.29 is 9.66 Å². The molecule has 0 unspecified atom stereocenters. The minimum atomic E-state index is -0.415. The molecule has 0 saturated carbocycles. The number of hydrogen-bond acceptors (Lipinski definition) is 4. The average molecular weight is 196 g/mol.